The van der Waals surface area contributed by atoms with Gasteiger partial charge in [0.15, 0.2) is 0 Å². The van der Waals surface area contributed by atoms with Gasteiger partial charge >= 0.3 is 0 Å². The highest BCUT2D eigenvalue weighted by molar-refractivity contribution is 7.92. The zero-order chi connectivity index (χ0) is 13.7. The molecule has 106 valence electrons. The third-order valence-electron chi connectivity index (χ3n) is 3.32. The molecule has 1 fully saturated rings. The van der Waals surface area contributed by atoms with Crippen molar-refractivity contribution in [1.29, 1.82) is 0 Å². The van der Waals surface area contributed by atoms with Crippen LogP contribution in [0.4, 0.5) is 5.69 Å². The first-order valence-electron chi connectivity index (χ1n) is 6.76. The normalized spacial score (nSPS) is 20.2. The molecule has 0 saturated carbocycles. The molecule has 0 aromatic heterocycles. The predicted octanol–water partition coefficient (Wildman–Crippen LogP) is 2.42. The van der Waals surface area contributed by atoms with Gasteiger partial charge in [0.05, 0.1) is 12.4 Å². The largest absolute Gasteiger partial charge is 0.381 e. The molecule has 19 heavy (non-hydrogen) atoms. The summed E-state index contributed by atoms with van der Waals surface area (Å²) in [5.74, 6) is 0.254. The second-order valence-electron chi connectivity index (χ2n) is 5.02. The van der Waals surface area contributed by atoms with Crippen molar-refractivity contribution in [1.82, 2.24) is 0 Å². The van der Waals surface area contributed by atoms with E-state index in [1.54, 1.807) is 6.07 Å². The van der Waals surface area contributed by atoms with E-state index < -0.39 is 10.0 Å². The Morgan fingerprint density at radius 3 is 2.95 bits per heavy atom. The molecule has 0 spiro atoms. The van der Waals surface area contributed by atoms with Gasteiger partial charge in [-0.05, 0) is 42.9 Å². The van der Waals surface area contributed by atoms with Crippen LogP contribution in [0, 0.1) is 5.92 Å². The summed E-state index contributed by atoms with van der Waals surface area (Å²) < 4.78 is 32.2. The van der Waals surface area contributed by atoms with Crippen molar-refractivity contribution in [3.63, 3.8) is 0 Å². The van der Waals surface area contributed by atoms with E-state index >= 15 is 0 Å². The summed E-state index contributed by atoms with van der Waals surface area (Å²) in [6, 6.07) is 7.54. The number of hydrogen-bond acceptors (Lipinski definition) is 3. The summed E-state index contributed by atoms with van der Waals surface area (Å²) in [5, 5.41) is 0. The third kappa shape index (κ3) is 4.51. The molecular formula is C14H21NO3S. The van der Waals surface area contributed by atoms with Crippen LogP contribution in [0.15, 0.2) is 24.3 Å². The monoisotopic (exact) mass is 283 g/mol. The molecule has 4 nitrogen and oxygen atoms in total. The Hall–Kier alpha value is -1.07. The number of aryl methyl sites for hydroxylation is 1. The maximum Gasteiger partial charge on any atom is 0.233 e. The van der Waals surface area contributed by atoms with Crippen molar-refractivity contribution in [2.24, 2.45) is 5.92 Å². The van der Waals surface area contributed by atoms with Gasteiger partial charge in [0.2, 0.25) is 10.0 Å². The van der Waals surface area contributed by atoms with Crippen LogP contribution in [0.3, 0.4) is 0 Å². The number of nitrogens with one attached hydrogen (secondary N) is 1. The van der Waals surface area contributed by atoms with E-state index in [0.717, 1.165) is 31.4 Å². The summed E-state index contributed by atoms with van der Waals surface area (Å²) in [6.45, 7) is 3.35. The van der Waals surface area contributed by atoms with Gasteiger partial charge in [-0.1, -0.05) is 19.1 Å². The van der Waals surface area contributed by atoms with E-state index in [1.807, 2.05) is 25.1 Å². The maximum absolute atomic E-state index is 12.1. The lowest BCUT2D eigenvalue weighted by molar-refractivity contribution is 0.0626. The average molecular weight is 283 g/mol. The molecule has 1 aromatic carbocycles. The third-order valence-corrected chi connectivity index (χ3v) is 4.78. The molecule has 0 radical (unpaired) electrons. The van der Waals surface area contributed by atoms with Crippen molar-refractivity contribution >= 4 is 15.7 Å². The van der Waals surface area contributed by atoms with Crippen LogP contribution < -0.4 is 4.72 Å². The van der Waals surface area contributed by atoms with Crippen LogP contribution in [0.5, 0.6) is 0 Å². The van der Waals surface area contributed by atoms with E-state index in [-0.39, 0.29) is 11.7 Å². The minimum atomic E-state index is -3.29. The molecule has 1 atom stereocenters. The number of ether oxygens (including phenoxy) is 1. The Kier molecular flexibility index (Phi) is 4.82. The van der Waals surface area contributed by atoms with Gasteiger partial charge < -0.3 is 4.74 Å². The molecule has 0 unspecified atom stereocenters. The minimum Gasteiger partial charge on any atom is -0.381 e. The summed E-state index contributed by atoms with van der Waals surface area (Å²) in [6.07, 6.45) is 2.77. The SMILES string of the molecule is CCc1cccc(NS(=O)(=O)C[C@@H]2CCCOC2)c1. The van der Waals surface area contributed by atoms with Gasteiger partial charge in [0, 0.05) is 12.3 Å². The van der Waals surface area contributed by atoms with Crippen molar-refractivity contribution in [2.75, 3.05) is 23.7 Å². The lowest BCUT2D eigenvalue weighted by atomic mass is 10.1. The average Bonchev–Trinajstić information content (AvgIpc) is 2.39. The summed E-state index contributed by atoms with van der Waals surface area (Å²) in [7, 11) is -3.29. The number of anilines is 1. The second-order valence-corrected chi connectivity index (χ2v) is 6.79. The Balaban J connectivity index is 1.99. The molecule has 0 bridgehead atoms. The minimum absolute atomic E-state index is 0.112. The van der Waals surface area contributed by atoms with Crippen LogP contribution in [-0.4, -0.2) is 27.4 Å². The topological polar surface area (TPSA) is 55.4 Å². The fourth-order valence-corrected chi connectivity index (χ4v) is 3.78. The van der Waals surface area contributed by atoms with E-state index in [2.05, 4.69) is 4.72 Å². The van der Waals surface area contributed by atoms with E-state index in [9.17, 15) is 8.42 Å². The highest BCUT2D eigenvalue weighted by Crippen LogP contribution is 2.18. The summed E-state index contributed by atoms with van der Waals surface area (Å²) in [4.78, 5) is 0. The first-order valence-corrected chi connectivity index (χ1v) is 8.41. The Labute approximate surface area is 115 Å². The van der Waals surface area contributed by atoms with Gasteiger partial charge in [-0.3, -0.25) is 4.72 Å². The summed E-state index contributed by atoms with van der Waals surface area (Å²) in [5.41, 5.74) is 1.78. The lowest BCUT2D eigenvalue weighted by Gasteiger charge is -2.22. The molecule has 1 saturated heterocycles. The molecule has 5 heteroatoms. The first kappa shape index (κ1) is 14.3. The van der Waals surface area contributed by atoms with Crippen LogP contribution in [0.1, 0.15) is 25.3 Å². The molecular weight excluding hydrogens is 262 g/mol. The Bertz CT molecular complexity index is 507. The molecule has 1 N–H and O–H groups in total. The molecule has 2 rings (SSSR count). The van der Waals surface area contributed by atoms with Gasteiger partial charge in [-0.25, -0.2) is 8.42 Å². The molecule has 0 amide bonds. The number of rotatable bonds is 5. The van der Waals surface area contributed by atoms with Crippen molar-refractivity contribution in [3.8, 4) is 0 Å². The predicted molar refractivity (Wildman–Crippen MR) is 76.8 cm³/mol. The van der Waals surface area contributed by atoms with Crippen molar-refractivity contribution in [3.05, 3.63) is 29.8 Å². The molecule has 1 aliphatic heterocycles. The number of hydrogen-bond donors (Lipinski definition) is 1. The molecule has 0 aliphatic carbocycles. The smallest absolute Gasteiger partial charge is 0.233 e. The van der Waals surface area contributed by atoms with Crippen LogP contribution in [-0.2, 0) is 21.2 Å². The highest BCUT2D eigenvalue weighted by Gasteiger charge is 2.21. The van der Waals surface area contributed by atoms with Gasteiger partial charge in [0.25, 0.3) is 0 Å². The number of sulfonamides is 1. The Morgan fingerprint density at radius 1 is 1.42 bits per heavy atom. The number of benzene rings is 1. The lowest BCUT2D eigenvalue weighted by Crippen LogP contribution is -2.28. The first-order chi connectivity index (χ1) is 9.09. The maximum atomic E-state index is 12.1. The van der Waals surface area contributed by atoms with Crippen molar-refractivity contribution < 1.29 is 13.2 Å². The molecule has 1 aliphatic rings. The van der Waals surface area contributed by atoms with E-state index in [0.29, 0.717) is 12.3 Å². The van der Waals surface area contributed by atoms with Crippen molar-refractivity contribution in [2.45, 2.75) is 26.2 Å². The van der Waals surface area contributed by atoms with Gasteiger partial charge in [-0.15, -0.1) is 0 Å². The highest BCUT2D eigenvalue weighted by atomic mass is 32.2. The fourth-order valence-electron chi connectivity index (χ4n) is 2.33. The fraction of sp³-hybridized carbons (Fsp3) is 0.571. The zero-order valence-corrected chi connectivity index (χ0v) is 12.1. The second kappa shape index (κ2) is 6.39. The molecule has 1 heterocycles. The van der Waals surface area contributed by atoms with Gasteiger partial charge in [-0.2, -0.15) is 0 Å². The molecule has 1 aromatic rings. The summed E-state index contributed by atoms with van der Waals surface area (Å²) >= 11 is 0. The van der Waals surface area contributed by atoms with Crippen LogP contribution in [0.25, 0.3) is 0 Å². The van der Waals surface area contributed by atoms with E-state index in [1.165, 1.54) is 0 Å². The van der Waals surface area contributed by atoms with Crippen LogP contribution in [0.2, 0.25) is 0 Å². The van der Waals surface area contributed by atoms with Gasteiger partial charge in [0.1, 0.15) is 0 Å². The zero-order valence-electron chi connectivity index (χ0n) is 11.3. The standard InChI is InChI=1S/C14H21NO3S/c1-2-12-5-3-7-14(9-12)15-19(16,17)11-13-6-4-8-18-10-13/h3,5,7,9,13,15H,2,4,6,8,10-11H2,1H3/t13-/m1/s1. The van der Waals surface area contributed by atoms with E-state index in [4.69, 9.17) is 4.74 Å². The van der Waals surface area contributed by atoms with Crippen LogP contribution >= 0.6 is 0 Å². The quantitative estimate of drug-likeness (QED) is 0.903. The Morgan fingerprint density at radius 2 is 2.26 bits per heavy atom.